The van der Waals surface area contributed by atoms with Crippen LogP contribution in [0.25, 0.3) is 0 Å². The fourth-order valence-electron chi connectivity index (χ4n) is 1.12. The average molecular weight is 173 g/mol. The van der Waals surface area contributed by atoms with Crippen LogP contribution in [0, 0.1) is 0 Å². The molecule has 1 saturated heterocycles. The van der Waals surface area contributed by atoms with Gasteiger partial charge in [-0.05, 0) is 6.42 Å². The van der Waals surface area contributed by atoms with Gasteiger partial charge in [0.05, 0.1) is 5.25 Å². The molecule has 0 radical (unpaired) electrons. The third-order valence-electron chi connectivity index (χ3n) is 1.67. The molecule has 3 nitrogen and oxygen atoms in total. The molecule has 11 heavy (non-hydrogen) atoms. The molecule has 2 amide bonds. The number of rotatable bonds is 2. The Labute approximate surface area is 71.2 Å². The Morgan fingerprint density at radius 3 is 2.64 bits per heavy atom. The quantitative estimate of drug-likeness (QED) is 0.486. The summed E-state index contributed by atoms with van der Waals surface area (Å²) >= 11 is 3.99. The van der Waals surface area contributed by atoms with Crippen molar-refractivity contribution in [2.75, 3.05) is 6.54 Å². The first-order valence-corrected chi connectivity index (χ1v) is 4.20. The van der Waals surface area contributed by atoms with Gasteiger partial charge in [-0.2, -0.15) is 12.6 Å². The topological polar surface area (TPSA) is 37.4 Å². The minimum absolute atomic E-state index is 0.0862. The molecule has 1 rings (SSSR count). The van der Waals surface area contributed by atoms with Gasteiger partial charge in [0.2, 0.25) is 11.8 Å². The molecule has 0 spiro atoms. The van der Waals surface area contributed by atoms with Gasteiger partial charge in [0, 0.05) is 13.0 Å². The predicted octanol–water partition coefficient (Wildman–Crippen LogP) is 0.454. The van der Waals surface area contributed by atoms with Crippen LogP contribution in [0.5, 0.6) is 0 Å². The summed E-state index contributed by atoms with van der Waals surface area (Å²) < 4.78 is 0. The highest BCUT2D eigenvalue weighted by Crippen LogP contribution is 2.17. The zero-order valence-electron chi connectivity index (χ0n) is 6.41. The minimum Gasteiger partial charge on any atom is -0.282 e. The highest BCUT2D eigenvalue weighted by atomic mass is 32.1. The van der Waals surface area contributed by atoms with Crippen molar-refractivity contribution >= 4 is 24.4 Å². The average Bonchev–Trinajstić information content (AvgIpc) is 2.17. The van der Waals surface area contributed by atoms with Gasteiger partial charge in [0.15, 0.2) is 0 Å². The van der Waals surface area contributed by atoms with Gasteiger partial charge in [0.1, 0.15) is 0 Å². The first kappa shape index (κ1) is 8.59. The van der Waals surface area contributed by atoms with Gasteiger partial charge in [-0.25, -0.2) is 0 Å². The largest absolute Gasteiger partial charge is 0.282 e. The molecular weight excluding hydrogens is 162 g/mol. The SMILES string of the molecule is CCCN1C(=O)CC(S)C1=O. The zero-order chi connectivity index (χ0) is 8.43. The van der Waals surface area contributed by atoms with Crippen molar-refractivity contribution in [3.8, 4) is 0 Å². The lowest BCUT2D eigenvalue weighted by Crippen LogP contribution is -2.31. The predicted molar refractivity (Wildman–Crippen MR) is 44.4 cm³/mol. The number of amides is 2. The van der Waals surface area contributed by atoms with Gasteiger partial charge in [-0.1, -0.05) is 6.92 Å². The van der Waals surface area contributed by atoms with Crippen molar-refractivity contribution in [1.29, 1.82) is 0 Å². The molecule has 0 aromatic heterocycles. The molecule has 1 atom stereocenters. The van der Waals surface area contributed by atoms with Crippen LogP contribution in [0.4, 0.5) is 0 Å². The zero-order valence-corrected chi connectivity index (χ0v) is 7.30. The Bertz CT molecular complexity index is 193. The van der Waals surface area contributed by atoms with E-state index in [2.05, 4.69) is 12.6 Å². The highest BCUT2D eigenvalue weighted by molar-refractivity contribution is 7.81. The first-order valence-electron chi connectivity index (χ1n) is 3.69. The van der Waals surface area contributed by atoms with Gasteiger partial charge in [-0.3, -0.25) is 14.5 Å². The number of imide groups is 1. The summed E-state index contributed by atoms with van der Waals surface area (Å²) in [6.45, 7) is 2.47. The number of hydrogen-bond acceptors (Lipinski definition) is 3. The molecule has 1 unspecified atom stereocenters. The Hall–Kier alpha value is -0.510. The van der Waals surface area contributed by atoms with Gasteiger partial charge >= 0.3 is 0 Å². The second kappa shape index (κ2) is 3.26. The Balaban J connectivity index is 2.64. The smallest absolute Gasteiger partial charge is 0.242 e. The molecule has 0 bridgehead atoms. The van der Waals surface area contributed by atoms with Crippen molar-refractivity contribution in [2.45, 2.75) is 25.0 Å². The Morgan fingerprint density at radius 2 is 2.27 bits per heavy atom. The Kier molecular flexibility index (Phi) is 2.54. The molecule has 0 aromatic carbocycles. The molecule has 1 heterocycles. The van der Waals surface area contributed by atoms with E-state index in [1.165, 1.54) is 4.90 Å². The molecule has 62 valence electrons. The van der Waals surface area contributed by atoms with Crippen LogP contribution >= 0.6 is 12.6 Å². The number of hydrogen-bond donors (Lipinski definition) is 1. The van der Waals surface area contributed by atoms with Crippen LogP contribution < -0.4 is 0 Å². The van der Waals surface area contributed by atoms with Crippen LogP contribution in [0.1, 0.15) is 19.8 Å². The molecule has 0 aliphatic carbocycles. The van der Waals surface area contributed by atoms with Crippen LogP contribution in [0.3, 0.4) is 0 Å². The minimum atomic E-state index is -0.394. The van der Waals surface area contributed by atoms with E-state index >= 15 is 0 Å². The summed E-state index contributed by atoms with van der Waals surface area (Å²) in [5.74, 6) is -0.225. The standard InChI is InChI=1S/C7H11NO2S/c1-2-3-8-6(9)4-5(11)7(8)10/h5,11H,2-4H2,1H3. The van der Waals surface area contributed by atoms with Gasteiger partial charge in [0.25, 0.3) is 0 Å². The van der Waals surface area contributed by atoms with Crippen molar-refractivity contribution in [2.24, 2.45) is 0 Å². The van der Waals surface area contributed by atoms with E-state index in [-0.39, 0.29) is 18.2 Å². The third-order valence-corrected chi connectivity index (χ3v) is 2.07. The van der Waals surface area contributed by atoms with Gasteiger partial charge in [-0.15, -0.1) is 0 Å². The number of thiol groups is 1. The summed E-state index contributed by atoms with van der Waals surface area (Å²) in [6, 6.07) is 0. The molecule has 0 saturated carbocycles. The molecule has 1 aliphatic rings. The maximum atomic E-state index is 11.1. The summed E-state index contributed by atoms with van der Waals surface area (Å²) in [5, 5.41) is -0.394. The second-order valence-electron chi connectivity index (χ2n) is 2.60. The summed E-state index contributed by atoms with van der Waals surface area (Å²) in [6.07, 6.45) is 1.08. The van der Waals surface area contributed by atoms with Gasteiger partial charge < -0.3 is 0 Å². The summed E-state index contributed by atoms with van der Waals surface area (Å²) in [4.78, 5) is 23.5. The lowest BCUT2D eigenvalue weighted by Gasteiger charge is -2.11. The van der Waals surface area contributed by atoms with E-state index in [0.717, 1.165) is 6.42 Å². The number of nitrogens with zero attached hydrogens (tertiary/aromatic N) is 1. The molecule has 0 N–H and O–H groups in total. The maximum absolute atomic E-state index is 11.1. The van der Waals surface area contributed by atoms with E-state index in [0.29, 0.717) is 6.54 Å². The van der Waals surface area contributed by atoms with E-state index in [1.807, 2.05) is 6.92 Å². The molecule has 4 heteroatoms. The van der Waals surface area contributed by atoms with E-state index in [9.17, 15) is 9.59 Å². The van der Waals surface area contributed by atoms with E-state index < -0.39 is 5.25 Å². The van der Waals surface area contributed by atoms with Crippen LogP contribution in [0.2, 0.25) is 0 Å². The van der Waals surface area contributed by atoms with Crippen molar-refractivity contribution in [1.82, 2.24) is 4.90 Å². The fraction of sp³-hybridized carbons (Fsp3) is 0.714. The second-order valence-corrected chi connectivity index (χ2v) is 3.23. The number of carbonyl (C=O) groups is 2. The van der Waals surface area contributed by atoms with E-state index in [4.69, 9.17) is 0 Å². The van der Waals surface area contributed by atoms with Crippen molar-refractivity contribution in [3.63, 3.8) is 0 Å². The number of likely N-dealkylation sites (tertiary alicyclic amines) is 1. The number of carbonyl (C=O) groups excluding carboxylic acids is 2. The Morgan fingerprint density at radius 1 is 1.64 bits per heavy atom. The van der Waals surface area contributed by atoms with Crippen LogP contribution in [0.15, 0.2) is 0 Å². The third kappa shape index (κ3) is 1.56. The van der Waals surface area contributed by atoms with Crippen LogP contribution in [-0.4, -0.2) is 28.5 Å². The highest BCUT2D eigenvalue weighted by Gasteiger charge is 2.35. The lowest BCUT2D eigenvalue weighted by atomic mass is 10.4. The molecule has 0 aromatic rings. The van der Waals surface area contributed by atoms with Crippen molar-refractivity contribution < 1.29 is 9.59 Å². The van der Waals surface area contributed by atoms with Crippen molar-refractivity contribution in [3.05, 3.63) is 0 Å². The summed E-state index contributed by atoms with van der Waals surface area (Å²) in [7, 11) is 0. The van der Waals surface area contributed by atoms with E-state index in [1.54, 1.807) is 0 Å². The maximum Gasteiger partial charge on any atom is 0.242 e. The monoisotopic (exact) mass is 173 g/mol. The molecule has 1 fully saturated rings. The fourth-order valence-corrected chi connectivity index (χ4v) is 1.42. The van der Waals surface area contributed by atoms with Crippen LogP contribution in [-0.2, 0) is 9.59 Å². The molecular formula is C7H11NO2S. The summed E-state index contributed by atoms with van der Waals surface area (Å²) in [5.41, 5.74) is 0. The molecule has 1 aliphatic heterocycles. The lowest BCUT2D eigenvalue weighted by molar-refractivity contribution is -0.138. The first-order chi connectivity index (χ1) is 5.16. The normalized spacial score (nSPS) is 24.9.